The molecule has 0 unspecified atom stereocenters. The minimum absolute atomic E-state index is 0.196. The lowest BCUT2D eigenvalue weighted by Crippen LogP contribution is -2.50. The van der Waals surface area contributed by atoms with E-state index in [-0.39, 0.29) is 5.91 Å². The molecule has 0 aromatic heterocycles. The van der Waals surface area contributed by atoms with Crippen molar-refractivity contribution in [2.45, 2.75) is 63.5 Å². The highest BCUT2D eigenvalue weighted by Gasteiger charge is 2.44. The number of nitrogens with zero attached hydrogens (tertiary/aromatic N) is 2. The maximum absolute atomic E-state index is 12.7. The van der Waals surface area contributed by atoms with Crippen LogP contribution >= 0.6 is 12.2 Å². The summed E-state index contributed by atoms with van der Waals surface area (Å²) in [5.41, 5.74) is 0.973. The molecule has 1 aromatic rings. The van der Waals surface area contributed by atoms with Gasteiger partial charge in [-0.25, -0.2) is 0 Å². The summed E-state index contributed by atoms with van der Waals surface area (Å²) in [6.45, 7) is 2.98. The van der Waals surface area contributed by atoms with Crippen molar-refractivity contribution in [3.05, 3.63) is 23.8 Å². The van der Waals surface area contributed by atoms with Crippen LogP contribution in [0.25, 0.3) is 0 Å². The fraction of sp³-hybridized carbons (Fsp3) is 0.640. The maximum Gasteiger partial charge on any atom is 0.269 e. The van der Waals surface area contributed by atoms with Gasteiger partial charge in [0.05, 0.1) is 14.2 Å². The van der Waals surface area contributed by atoms with E-state index in [1.54, 1.807) is 14.2 Å². The van der Waals surface area contributed by atoms with Crippen LogP contribution < -0.4 is 20.1 Å². The number of oxime groups is 1. The molecule has 0 bridgehead atoms. The van der Waals surface area contributed by atoms with E-state index in [0.29, 0.717) is 30.2 Å². The maximum atomic E-state index is 12.7. The largest absolute Gasteiger partial charge is 0.493 e. The summed E-state index contributed by atoms with van der Waals surface area (Å²) in [5, 5.41) is 11.4. The summed E-state index contributed by atoms with van der Waals surface area (Å²) in [4.78, 5) is 20.8. The van der Waals surface area contributed by atoms with E-state index in [0.717, 1.165) is 49.1 Å². The monoisotopic (exact) mass is 488 g/mol. The Hall–Kier alpha value is -2.55. The first-order valence-electron chi connectivity index (χ1n) is 12.3. The summed E-state index contributed by atoms with van der Waals surface area (Å²) in [6.07, 6.45) is 8.79. The molecule has 2 aliphatic heterocycles. The first-order chi connectivity index (χ1) is 16.5. The third-order valence-corrected chi connectivity index (χ3v) is 7.63. The molecule has 8 nitrogen and oxygen atoms in total. The molecule has 0 atom stereocenters. The van der Waals surface area contributed by atoms with Crippen molar-refractivity contribution in [2.24, 2.45) is 11.1 Å². The summed E-state index contributed by atoms with van der Waals surface area (Å²) in [6, 6.07) is 5.58. The van der Waals surface area contributed by atoms with E-state index in [4.69, 9.17) is 26.5 Å². The predicted molar refractivity (Wildman–Crippen MR) is 135 cm³/mol. The summed E-state index contributed by atoms with van der Waals surface area (Å²) < 4.78 is 10.6. The lowest BCUT2D eigenvalue weighted by Gasteiger charge is -2.38. The topological polar surface area (TPSA) is 84.4 Å². The molecule has 1 saturated carbocycles. The molecule has 0 radical (unpaired) electrons. The number of hydrogen-bond donors (Lipinski definition) is 2. The van der Waals surface area contributed by atoms with Crippen LogP contribution in [0.3, 0.4) is 0 Å². The first-order valence-corrected chi connectivity index (χ1v) is 12.7. The van der Waals surface area contributed by atoms with Crippen molar-refractivity contribution >= 4 is 28.9 Å². The molecule has 2 fully saturated rings. The molecule has 4 rings (SSSR count). The SMILES string of the molecule is COc1ccc(CNC(=O)C2=NOC3(CCN(C(=S)NCC4CCCCC4)CC3)C2)cc1OC. The molecule has 1 aromatic carbocycles. The Morgan fingerprint density at radius 1 is 1.15 bits per heavy atom. The quantitative estimate of drug-likeness (QED) is 0.569. The number of rotatable bonds is 7. The lowest BCUT2D eigenvalue weighted by molar-refractivity contribution is -0.115. The van der Waals surface area contributed by atoms with Crippen molar-refractivity contribution in [2.75, 3.05) is 33.9 Å². The number of amides is 1. The van der Waals surface area contributed by atoms with Gasteiger partial charge in [-0.05, 0) is 48.7 Å². The van der Waals surface area contributed by atoms with Gasteiger partial charge in [0, 0.05) is 45.4 Å². The molecule has 34 heavy (non-hydrogen) atoms. The van der Waals surface area contributed by atoms with Gasteiger partial charge in [-0.15, -0.1) is 0 Å². The van der Waals surface area contributed by atoms with Gasteiger partial charge in [0.15, 0.2) is 16.6 Å². The van der Waals surface area contributed by atoms with Crippen LogP contribution in [0.5, 0.6) is 11.5 Å². The van der Waals surface area contributed by atoms with Crippen molar-refractivity contribution in [1.82, 2.24) is 15.5 Å². The van der Waals surface area contributed by atoms with E-state index in [1.165, 1.54) is 32.1 Å². The van der Waals surface area contributed by atoms with E-state index in [1.807, 2.05) is 18.2 Å². The fourth-order valence-electron chi connectivity index (χ4n) is 5.04. The van der Waals surface area contributed by atoms with E-state index >= 15 is 0 Å². The normalized spacial score (nSPS) is 19.8. The molecular weight excluding hydrogens is 452 g/mol. The molecule has 2 heterocycles. The summed E-state index contributed by atoms with van der Waals surface area (Å²) in [7, 11) is 3.19. The van der Waals surface area contributed by atoms with Gasteiger partial charge in [0.25, 0.3) is 5.91 Å². The fourth-order valence-corrected chi connectivity index (χ4v) is 5.30. The standard InChI is InChI=1S/C25H36N4O4S/c1-31-21-9-8-19(14-22(21)32-2)17-26-23(30)20-15-25(33-28-20)10-12-29(13-11-25)24(34)27-16-18-6-4-3-5-7-18/h8-9,14,18H,3-7,10-13,15-17H2,1-2H3,(H,26,30)(H,27,34). The van der Waals surface area contributed by atoms with Crippen LogP contribution in [0.15, 0.2) is 23.4 Å². The minimum atomic E-state index is -0.397. The second-order valence-electron chi connectivity index (χ2n) is 9.54. The van der Waals surface area contributed by atoms with Gasteiger partial charge in [0.1, 0.15) is 11.3 Å². The van der Waals surface area contributed by atoms with Gasteiger partial charge in [0.2, 0.25) is 0 Å². The average molecular weight is 489 g/mol. The van der Waals surface area contributed by atoms with Gasteiger partial charge < -0.3 is 29.8 Å². The molecule has 186 valence electrons. The number of likely N-dealkylation sites (tertiary alicyclic amines) is 1. The van der Waals surface area contributed by atoms with Crippen LogP contribution in [0, 0.1) is 5.92 Å². The zero-order valence-electron chi connectivity index (χ0n) is 20.2. The van der Waals surface area contributed by atoms with Gasteiger partial charge >= 0.3 is 0 Å². The number of methoxy groups -OCH3 is 2. The highest BCUT2D eigenvalue weighted by atomic mass is 32.1. The van der Waals surface area contributed by atoms with Crippen LogP contribution in [-0.2, 0) is 16.2 Å². The van der Waals surface area contributed by atoms with E-state index < -0.39 is 5.60 Å². The van der Waals surface area contributed by atoms with E-state index in [2.05, 4.69) is 20.7 Å². The first kappa shape index (κ1) is 24.6. The van der Waals surface area contributed by atoms with Crippen molar-refractivity contribution in [1.29, 1.82) is 0 Å². The van der Waals surface area contributed by atoms with Crippen LogP contribution in [-0.4, -0.2) is 61.1 Å². The number of piperidine rings is 1. The summed E-state index contributed by atoms with van der Waals surface area (Å²) in [5.74, 6) is 1.84. The Morgan fingerprint density at radius 3 is 2.59 bits per heavy atom. The Balaban J connectivity index is 1.21. The van der Waals surface area contributed by atoms with Crippen LogP contribution in [0.2, 0.25) is 0 Å². The molecule has 2 N–H and O–H groups in total. The third-order valence-electron chi connectivity index (χ3n) is 7.23. The lowest BCUT2D eigenvalue weighted by atomic mass is 9.87. The highest BCUT2D eigenvalue weighted by Crippen LogP contribution is 2.35. The Labute approximate surface area is 207 Å². The molecule has 3 aliphatic rings. The third kappa shape index (κ3) is 5.92. The second kappa shape index (κ2) is 11.3. The zero-order valence-corrected chi connectivity index (χ0v) is 21.0. The number of carbonyl (C=O) groups excluding carboxylic acids is 1. The number of nitrogens with one attached hydrogen (secondary N) is 2. The second-order valence-corrected chi connectivity index (χ2v) is 9.92. The highest BCUT2D eigenvalue weighted by molar-refractivity contribution is 7.80. The predicted octanol–water partition coefficient (Wildman–Crippen LogP) is 3.39. The molecule has 1 saturated heterocycles. The van der Waals surface area contributed by atoms with E-state index in [9.17, 15) is 4.79 Å². The van der Waals surface area contributed by atoms with Crippen molar-refractivity contribution in [3.8, 4) is 11.5 Å². The Morgan fingerprint density at radius 2 is 1.88 bits per heavy atom. The Bertz CT molecular complexity index is 908. The number of ether oxygens (including phenoxy) is 2. The molecule has 1 aliphatic carbocycles. The number of carbonyl (C=O) groups is 1. The number of benzene rings is 1. The average Bonchev–Trinajstić information content (AvgIpc) is 3.30. The number of thiocarbonyl (C=S) groups is 1. The van der Waals surface area contributed by atoms with Crippen molar-refractivity contribution in [3.63, 3.8) is 0 Å². The molecule has 1 amide bonds. The van der Waals surface area contributed by atoms with Crippen LogP contribution in [0.1, 0.15) is 56.9 Å². The molecular formula is C25H36N4O4S. The Kier molecular flexibility index (Phi) is 8.13. The minimum Gasteiger partial charge on any atom is -0.493 e. The molecule has 9 heteroatoms. The smallest absolute Gasteiger partial charge is 0.269 e. The summed E-state index contributed by atoms with van der Waals surface area (Å²) >= 11 is 5.65. The molecule has 1 spiro atoms. The van der Waals surface area contributed by atoms with Crippen LogP contribution in [0.4, 0.5) is 0 Å². The van der Waals surface area contributed by atoms with Crippen molar-refractivity contribution < 1.29 is 19.1 Å². The number of hydrogen-bond acceptors (Lipinski definition) is 6. The van der Waals surface area contributed by atoms with Gasteiger partial charge in [-0.1, -0.05) is 30.5 Å². The zero-order chi connectivity index (χ0) is 24.0. The van der Waals surface area contributed by atoms with Gasteiger partial charge in [-0.3, -0.25) is 4.79 Å². The van der Waals surface area contributed by atoms with Gasteiger partial charge in [-0.2, -0.15) is 0 Å².